The predicted octanol–water partition coefficient (Wildman–Crippen LogP) is 5.18. The minimum atomic E-state index is -0.117. The molecule has 2 rings (SSSR count). The zero-order valence-electron chi connectivity index (χ0n) is 13.9. The van der Waals surface area contributed by atoms with Gasteiger partial charge in [-0.25, -0.2) is 0 Å². The summed E-state index contributed by atoms with van der Waals surface area (Å²) < 4.78 is 0. The van der Waals surface area contributed by atoms with Crippen LogP contribution in [0.25, 0.3) is 0 Å². The van der Waals surface area contributed by atoms with Crippen molar-refractivity contribution in [2.24, 2.45) is 0 Å². The largest absolute Gasteiger partial charge is 0.354 e. The zero-order chi connectivity index (χ0) is 17.4. The van der Waals surface area contributed by atoms with Gasteiger partial charge in [-0.1, -0.05) is 41.4 Å². The van der Waals surface area contributed by atoms with Crippen LogP contribution in [0, 0.1) is 6.92 Å². The van der Waals surface area contributed by atoms with Crippen LogP contribution >= 0.6 is 35.1 Å². The van der Waals surface area contributed by atoms with Gasteiger partial charge in [0.05, 0.1) is 5.25 Å². The minimum Gasteiger partial charge on any atom is -0.354 e. The maximum Gasteiger partial charge on any atom is 0.233 e. The fourth-order valence-corrected chi connectivity index (χ4v) is 3.87. The standard InChI is InChI=1S/C19H22ClNOS2/c1-14-3-5-16(6-4-14)13-23-12-11-21-19(22)15(2)24-18-9-7-17(20)8-10-18/h3-10,15H,11-13H2,1-2H3,(H,21,22)/t15-/m0/s1. The third kappa shape index (κ3) is 6.80. The van der Waals surface area contributed by atoms with Crippen molar-refractivity contribution in [3.05, 3.63) is 64.7 Å². The van der Waals surface area contributed by atoms with Crippen molar-refractivity contribution in [3.63, 3.8) is 0 Å². The Morgan fingerprint density at radius 1 is 1.12 bits per heavy atom. The molecular formula is C19H22ClNOS2. The molecule has 0 bridgehead atoms. The number of nitrogens with one attached hydrogen (secondary N) is 1. The first-order valence-corrected chi connectivity index (χ1v) is 10.3. The molecule has 2 nitrogen and oxygen atoms in total. The van der Waals surface area contributed by atoms with Gasteiger partial charge >= 0.3 is 0 Å². The molecule has 2 aromatic rings. The van der Waals surface area contributed by atoms with Crippen LogP contribution in [-0.4, -0.2) is 23.5 Å². The number of hydrogen-bond acceptors (Lipinski definition) is 3. The second kappa shape index (κ2) is 10.0. The molecule has 0 heterocycles. The highest BCUT2D eigenvalue weighted by molar-refractivity contribution is 8.00. The van der Waals surface area contributed by atoms with Crippen LogP contribution in [0.1, 0.15) is 18.1 Å². The van der Waals surface area contributed by atoms with E-state index in [1.807, 2.05) is 43.0 Å². The maximum absolute atomic E-state index is 12.1. The fraction of sp³-hybridized carbons (Fsp3) is 0.316. The Morgan fingerprint density at radius 3 is 2.46 bits per heavy atom. The summed E-state index contributed by atoms with van der Waals surface area (Å²) in [4.78, 5) is 13.2. The summed E-state index contributed by atoms with van der Waals surface area (Å²) in [6.45, 7) is 4.71. The van der Waals surface area contributed by atoms with E-state index in [1.54, 1.807) is 11.8 Å². The molecule has 2 aromatic carbocycles. The maximum atomic E-state index is 12.1. The van der Waals surface area contributed by atoms with Gasteiger partial charge in [0, 0.05) is 28.0 Å². The Labute approximate surface area is 157 Å². The lowest BCUT2D eigenvalue weighted by Gasteiger charge is -2.12. The highest BCUT2D eigenvalue weighted by Gasteiger charge is 2.13. The van der Waals surface area contributed by atoms with E-state index >= 15 is 0 Å². The normalized spacial score (nSPS) is 12.0. The highest BCUT2D eigenvalue weighted by Crippen LogP contribution is 2.24. The van der Waals surface area contributed by atoms with E-state index < -0.39 is 0 Å². The summed E-state index contributed by atoms with van der Waals surface area (Å²) in [5.41, 5.74) is 2.60. The molecule has 0 aromatic heterocycles. The number of aryl methyl sites for hydroxylation is 1. The van der Waals surface area contributed by atoms with Crippen molar-refractivity contribution >= 4 is 41.0 Å². The third-order valence-corrected chi connectivity index (χ3v) is 5.82. The van der Waals surface area contributed by atoms with Gasteiger partial charge in [-0.15, -0.1) is 11.8 Å². The number of benzene rings is 2. The van der Waals surface area contributed by atoms with Crippen LogP contribution in [0.5, 0.6) is 0 Å². The van der Waals surface area contributed by atoms with Gasteiger partial charge in [-0.3, -0.25) is 4.79 Å². The lowest BCUT2D eigenvalue weighted by molar-refractivity contribution is -0.120. The van der Waals surface area contributed by atoms with Crippen molar-refractivity contribution in [2.45, 2.75) is 29.7 Å². The van der Waals surface area contributed by atoms with Crippen LogP contribution < -0.4 is 5.32 Å². The molecule has 0 fully saturated rings. The monoisotopic (exact) mass is 379 g/mol. The number of carbonyl (C=O) groups excluding carboxylic acids is 1. The molecule has 24 heavy (non-hydrogen) atoms. The number of amides is 1. The summed E-state index contributed by atoms with van der Waals surface area (Å²) in [7, 11) is 0. The van der Waals surface area contributed by atoms with Gasteiger partial charge in [-0.2, -0.15) is 11.8 Å². The lowest BCUT2D eigenvalue weighted by atomic mass is 10.2. The quantitative estimate of drug-likeness (QED) is 0.506. The molecule has 0 aliphatic heterocycles. The Kier molecular flexibility index (Phi) is 8.03. The van der Waals surface area contributed by atoms with Crippen LogP contribution in [0.3, 0.4) is 0 Å². The average molecular weight is 380 g/mol. The Morgan fingerprint density at radius 2 is 1.79 bits per heavy atom. The molecule has 0 radical (unpaired) electrons. The molecule has 0 saturated heterocycles. The first-order chi connectivity index (χ1) is 11.5. The first kappa shape index (κ1) is 19.2. The molecule has 0 saturated carbocycles. The fourth-order valence-electron chi connectivity index (χ4n) is 2.04. The Hall–Kier alpha value is -1.10. The number of thioether (sulfide) groups is 2. The van der Waals surface area contributed by atoms with E-state index in [-0.39, 0.29) is 11.2 Å². The molecule has 1 atom stereocenters. The van der Waals surface area contributed by atoms with Crippen molar-refractivity contribution in [2.75, 3.05) is 12.3 Å². The van der Waals surface area contributed by atoms with Crippen LogP contribution in [0.4, 0.5) is 0 Å². The predicted molar refractivity (Wildman–Crippen MR) is 107 cm³/mol. The Balaban J connectivity index is 1.63. The summed E-state index contributed by atoms with van der Waals surface area (Å²) in [5.74, 6) is 1.97. The van der Waals surface area contributed by atoms with Crippen LogP contribution in [0.15, 0.2) is 53.4 Å². The number of halogens is 1. The summed E-state index contributed by atoms with van der Waals surface area (Å²) >= 11 is 9.25. The summed E-state index contributed by atoms with van der Waals surface area (Å²) in [6.07, 6.45) is 0. The Bertz CT molecular complexity index is 643. The van der Waals surface area contributed by atoms with E-state index in [9.17, 15) is 4.79 Å². The van der Waals surface area contributed by atoms with Crippen LogP contribution in [0.2, 0.25) is 5.02 Å². The van der Waals surface area contributed by atoms with Crippen LogP contribution in [-0.2, 0) is 10.5 Å². The average Bonchev–Trinajstić information content (AvgIpc) is 2.58. The third-order valence-electron chi connectivity index (χ3n) is 3.43. The number of rotatable bonds is 8. The first-order valence-electron chi connectivity index (χ1n) is 7.88. The van der Waals surface area contributed by atoms with Gasteiger partial charge < -0.3 is 5.32 Å². The van der Waals surface area contributed by atoms with Crippen molar-refractivity contribution < 1.29 is 4.79 Å². The molecule has 0 spiro atoms. The van der Waals surface area contributed by atoms with E-state index in [0.29, 0.717) is 11.6 Å². The second-order valence-electron chi connectivity index (χ2n) is 5.54. The van der Waals surface area contributed by atoms with Gasteiger partial charge in [0.25, 0.3) is 0 Å². The molecule has 5 heteroatoms. The van der Waals surface area contributed by atoms with Crippen molar-refractivity contribution in [1.82, 2.24) is 5.32 Å². The molecule has 0 aliphatic rings. The van der Waals surface area contributed by atoms with E-state index in [1.165, 1.54) is 11.1 Å². The van der Waals surface area contributed by atoms with Crippen molar-refractivity contribution in [1.29, 1.82) is 0 Å². The molecular weight excluding hydrogens is 358 g/mol. The minimum absolute atomic E-state index is 0.0749. The molecule has 128 valence electrons. The molecule has 0 aliphatic carbocycles. The lowest BCUT2D eigenvalue weighted by Crippen LogP contribution is -2.32. The van der Waals surface area contributed by atoms with Gasteiger partial charge in [0.15, 0.2) is 0 Å². The van der Waals surface area contributed by atoms with Gasteiger partial charge in [-0.05, 0) is 43.7 Å². The summed E-state index contributed by atoms with van der Waals surface area (Å²) in [5, 5.41) is 3.60. The molecule has 0 unspecified atom stereocenters. The van der Waals surface area contributed by atoms with E-state index in [0.717, 1.165) is 16.4 Å². The smallest absolute Gasteiger partial charge is 0.233 e. The zero-order valence-corrected chi connectivity index (χ0v) is 16.3. The molecule has 1 amide bonds. The topological polar surface area (TPSA) is 29.1 Å². The second-order valence-corrected chi connectivity index (χ2v) is 8.50. The highest BCUT2D eigenvalue weighted by atomic mass is 35.5. The van der Waals surface area contributed by atoms with E-state index in [4.69, 9.17) is 11.6 Å². The molecule has 1 N–H and O–H groups in total. The summed E-state index contributed by atoms with van der Waals surface area (Å²) in [6, 6.07) is 16.1. The number of carbonyl (C=O) groups is 1. The SMILES string of the molecule is Cc1ccc(CSCCNC(=O)[C@H](C)Sc2ccc(Cl)cc2)cc1. The van der Waals surface area contributed by atoms with Gasteiger partial charge in [0.2, 0.25) is 5.91 Å². The van der Waals surface area contributed by atoms with Gasteiger partial charge in [0.1, 0.15) is 0 Å². The van der Waals surface area contributed by atoms with E-state index in [2.05, 4.69) is 36.5 Å². The number of hydrogen-bond donors (Lipinski definition) is 1. The van der Waals surface area contributed by atoms with Crippen molar-refractivity contribution in [3.8, 4) is 0 Å².